The molecule has 0 aromatic heterocycles. The van der Waals surface area contributed by atoms with Crippen molar-refractivity contribution in [3.63, 3.8) is 0 Å². The molecule has 3 atom stereocenters. The van der Waals surface area contributed by atoms with Crippen LogP contribution >= 0.6 is 0 Å². The van der Waals surface area contributed by atoms with Crippen molar-refractivity contribution in [2.45, 2.75) is 56.7 Å². The van der Waals surface area contributed by atoms with Gasteiger partial charge in [0, 0.05) is 6.04 Å². The smallest absolute Gasteiger partial charge is 0.323 e. The molecule has 0 spiro atoms. The molecule has 4 nitrogen and oxygen atoms in total. The van der Waals surface area contributed by atoms with E-state index in [-0.39, 0.29) is 24.2 Å². The Labute approximate surface area is 103 Å². The lowest BCUT2D eigenvalue weighted by Gasteiger charge is -2.38. The summed E-state index contributed by atoms with van der Waals surface area (Å²) in [7, 11) is 3.40. The number of methoxy groups -OCH3 is 1. The Morgan fingerprint density at radius 1 is 1.29 bits per heavy atom. The van der Waals surface area contributed by atoms with Gasteiger partial charge in [-0.2, -0.15) is 0 Å². The SMILES string of the molecule is COC(=O)C(C1CC1)N(C)C1CCCCC1O. The van der Waals surface area contributed by atoms with Crippen molar-refractivity contribution in [1.82, 2.24) is 4.90 Å². The number of ether oxygens (including phenoxy) is 1. The van der Waals surface area contributed by atoms with Crippen molar-refractivity contribution in [2.75, 3.05) is 14.2 Å². The van der Waals surface area contributed by atoms with Crippen molar-refractivity contribution in [3.8, 4) is 0 Å². The Morgan fingerprint density at radius 2 is 1.94 bits per heavy atom. The monoisotopic (exact) mass is 241 g/mol. The van der Waals surface area contributed by atoms with E-state index < -0.39 is 0 Å². The van der Waals surface area contributed by atoms with Crippen molar-refractivity contribution in [3.05, 3.63) is 0 Å². The van der Waals surface area contributed by atoms with Crippen molar-refractivity contribution in [1.29, 1.82) is 0 Å². The largest absolute Gasteiger partial charge is 0.468 e. The molecule has 0 aliphatic heterocycles. The van der Waals surface area contributed by atoms with Crippen LogP contribution < -0.4 is 0 Å². The fraction of sp³-hybridized carbons (Fsp3) is 0.923. The maximum atomic E-state index is 11.8. The van der Waals surface area contributed by atoms with Gasteiger partial charge in [-0.1, -0.05) is 12.8 Å². The number of likely N-dealkylation sites (N-methyl/N-ethyl adjacent to an activating group) is 1. The second-order valence-corrected chi connectivity index (χ2v) is 5.39. The molecule has 0 saturated heterocycles. The van der Waals surface area contributed by atoms with Crippen LogP contribution in [0.4, 0.5) is 0 Å². The molecule has 0 bridgehead atoms. The summed E-state index contributed by atoms with van der Waals surface area (Å²) < 4.78 is 4.90. The molecule has 0 aromatic carbocycles. The lowest BCUT2D eigenvalue weighted by Crippen LogP contribution is -2.52. The van der Waals surface area contributed by atoms with Crippen LogP contribution in [0.1, 0.15) is 38.5 Å². The third-order valence-electron chi connectivity index (χ3n) is 4.17. The number of aliphatic hydroxyl groups excluding tert-OH is 1. The number of hydrogen-bond acceptors (Lipinski definition) is 4. The van der Waals surface area contributed by atoms with E-state index in [4.69, 9.17) is 4.74 Å². The van der Waals surface area contributed by atoms with Crippen LogP contribution in [-0.2, 0) is 9.53 Å². The van der Waals surface area contributed by atoms with Gasteiger partial charge in [0.2, 0.25) is 0 Å². The predicted molar refractivity (Wildman–Crippen MR) is 64.6 cm³/mol. The lowest BCUT2D eigenvalue weighted by molar-refractivity contribution is -0.149. The quantitative estimate of drug-likeness (QED) is 0.751. The van der Waals surface area contributed by atoms with E-state index in [9.17, 15) is 9.90 Å². The number of nitrogens with zero attached hydrogens (tertiary/aromatic N) is 1. The first-order valence-corrected chi connectivity index (χ1v) is 6.63. The molecule has 2 saturated carbocycles. The molecule has 98 valence electrons. The van der Waals surface area contributed by atoms with Gasteiger partial charge in [0.15, 0.2) is 0 Å². The molecular formula is C13H23NO3. The van der Waals surface area contributed by atoms with Gasteiger partial charge in [0.05, 0.1) is 13.2 Å². The maximum absolute atomic E-state index is 11.8. The summed E-state index contributed by atoms with van der Waals surface area (Å²) in [6.45, 7) is 0. The molecular weight excluding hydrogens is 218 g/mol. The zero-order valence-electron chi connectivity index (χ0n) is 10.8. The first-order valence-electron chi connectivity index (χ1n) is 6.63. The van der Waals surface area contributed by atoms with E-state index in [2.05, 4.69) is 4.90 Å². The van der Waals surface area contributed by atoms with Gasteiger partial charge in [0.1, 0.15) is 6.04 Å². The maximum Gasteiger partial charge on any atom is 0.323 e. The highest BCUT2D eigenvalue weighted by Gasteiger charge is 2.43. The van der Waals surface area contributed by atoms with Crippen LogP contribution in [0.3, 0.4) is 0 Å². The second-order valence-electron chi connectivity index (χ2n) is 5.39. The minimum Gasteiger partial charge on any atom is -0.468 e. The van der Waals surface area contributed by atoms with Crippen molar-refractivity contribution < 1.29 is 14.6 Å². The number of aliphatic hydroxyl groups is 1. The fourth-order valence-electron chi connectivity index (χ4n) is 3.00. The summed E-state index contributed by atoms with van der Waals surface area (Å²) in [6.07, 6.45) is 5.99. The zero-order chi connectivity index (χ0) is 12.4. The highest BCUT2D eigenvalue weighted by Crippen LogP contribution is 2.37. The average molecular weight is 241 g/mol. The number of carbonyl (C=O) groups is 1. The molecule has 2 aliphatic rings. The minimum absolute atomic E-state index is 0.119. The lowest BCUT2D eigenvalue weighted by atomic mass is 9.90. The van der Waals surface area contributed by atoms with Crippen LogP contribution in [0, 0.1) is 5.92 Å². The highest BCUT2D eigenvalue weighted by molar-refractivity contribution is 5.76. The first-order chi connectivity index (χ1) is 8.15. The molecule has 0 aromatic rings. The molecule has 0 amide bonds. The summed E-state index contributed by atoms with van der Waals surface area (Å²) in [4.78, 5) is 13.9. The molecule has 1 N–H and O–H groups in total. The Hall–Kier alpha value is -0.610. The summed E-state index contributed by atoms with van der Waals surface area (Å²) in [5.41, 5.74) is 0. The van der Waals surface area contributed by atoms with E-state index in [0.717, 1.165) is 38.5 Å². The standard InChI is InChI=1S/C13H23NO3/c1-14(10-5-3-4-6-11(10)15)12(9-7-8-9)13(16)17-2/h9-12,15H,3-8H2,1-2H3. The second kappa shape index (κ2) is 5.36. The van der Waals surface area contributed by atoms with Gasteiger partial charge in [-0.25, -0.2) is 0 Å². The third-order valence-corrected chi connectivity index (χ3v) is 4.17. The third kappa shape index (κ3) is 2.80. The van der Waals surface area contributed by atoms with Crippen LogP contribution in [-0.4, -0.2) is 48.3 Å². The number of hydrogen-bond donors (Lipinski definition) is 1. The number of esters is 1. The topological polar surface area (TPSA) is 49.8 Å². The van der Waals surface area contributed by atoms with Crippen LogP contribution in [0.2, 0.25) is 0 Å². The van der Waals surface area contributed by atoms with E-state index in [0.29, 0.717) is 5.92 Å². The number of carbonyl (C=O) groups excluding carboxylic acids is 1. The van der Waals surface area contributed by atoms with E-state index in [1.165, 1.54) is 7.11 Å². The molecule has 0 heterocycles. The van der Waals surface area contributed by atoms with Gasteiger partial charge in [-0.15, -0.1) is 0 Å². The molecule has 3 unspecified atom stereocenters. The fourth-order valence-corrected chi connectivity index (χ4v) is 3.00. The van der Waals surface area contributed by atoms with Crippen LogP contribution in [0.15, 0.2) is 0 Å². The molecule has 2 aliphatic carbocycles. The Morgan fingerprint density at radius 3 is 2.47 bits per heavy atom. The van der Waals surface area contributed by atoms with Gasteiger partial charge in [-0.05, 0) is 38.6 Å². The normalized spacial score (nSPS) is 31.3. The minimum atomic E-state index is -0.292. The average Bonchev–Trinajstić information content (AvgIpc) is 3.14. The first kappa shape index (κ1) is 12.8. The summed E-state index contributed by atoms with van der Waals surface area (Å²) in [6, 6.07) is -0.0359. The van der Waals surface area contributed by atoms with Crippen LogP contribution in [0.25, 0.3) is 0 Å². The molecule has 0 radical (unpaired) electrons. The molecule has 2 rings (SSSR count). The van der Waals surface area contributed by atoms with Gasteiger partial charge < -0.3 is 9.84 Å². The molecule has 4 heteroatoms. The van der Waals surface area contributed by atoms with Gasteiger partial charge >= 0.3 is 5.97 Å². The summed E-state index contributed by atoms with van der Waals surface area (Å²) in [5, 5.41) is 10.1. The van der Waals surface area contributed by atoms with E-state index in [1.807, 2.05) is 7.05 Å². The van der Waals surface area contributed by atoms with Crippen molar-refractivity contribution >= 4 is 5.97 Å². The summed E-state index contributed by atoms with van der Waals surface area (Å²) in [5.74, 6) is 0.286. The van der Waals surface area contributed by atoms with Crippen LogP contribution in [0.5, 0.6) is 0 Å². The molecule has 2 fully saturated rings. The highest BCUT2D eigenvalue weighted by atomic mass is 16.5. The van der Waals surface area contributed by atoms with Crippen molar-refractivity contribution in [2.24, 2.45) is 5.92 Å². The predicted octanol–water partition coefficient (Wildman–Crippen LogP) is 1.17. The van der Waals surface area contributed by atoms with E-state index in [1.54, 1.807) is 0 Å². The zero-order valence-corrected chi connectivity index (χ0v) is 10.8. The van der Waals surface area contributed by atoms with Gasteiger partial charge in [0.25, 0.3) is 0 Å². The Kier molecular flexibility index (Phi) is 4.05. The van der Waals surface area contributed by atoms with Gasteiger partial charge in [-0.3, -0.25) is 9.69 Å². The Balaban J connectivity index is 2.04. The number of rotatable bonds is 4. The summed E-state index contributed by atoms with van der Waals surface area (Å²) >= 11 is 0. The van der Waals surface area contributed by atoms with E-state index >= 15 is 0 Å². The molecule has 17 heavy (non-hydrogen) atoms. The Bertz CT molecular complexity index is 278.